The topological polar surface area (TPSA) is 56.7 Å². The number of anilines is 1. The lowest BCUT2D eigenvalue weighted by molar-refractivity contribution is 0.0697. The van der Waals surface area contributed by atoms with Crippen LogP contribution in [-0.4, -0.2) is 54.2 Å². The third kappa shape index (κ3) is 2.79. The van der Waals surface area contributed by atoms with Crippen molar-refractivity contribution in [3.8, 4) is 0 Å². The molecule has 1 aliphatic rings. The minimum absolute atomic E-state index is 0.296. The van der Waals surface area contributed by atoms with E-state index in [1.54, 1.807) is 0 Å². The number of nitrogens with zero attached hydrogens (tertiary/aromatic N) is 3. The summed E-state index contributed by atoms with van der Waals surface area (Å²) >= 11 is 0. The number of carboxylic acids is 1. The molecule has 0 atom stereocenters. The zero-order valence-corrected chi connectivity index (χ0v) is 10.9. The number of hydrogen-bond acceptors (Lipinski definition) is 4. The van der Waals surface area contributed by atoms with Crippen LogP contribution in [0.3, 0.4) is 0 Å². The van der Waals surface area contributed by atoms with Crippen molar-refractivity contribution in [1.82, 2.24) is 9.88 Å². The smallest absolute Gasteiger partial charge is 0.339 e. The van der Waals surface area contributed by atoms with Gasteiger partial charge in [0.05, 0.1) is 5.69 Å². The summed E-state index contributed by atoms with van der Waals surface area (Å²) in [6, 6.07) is 1.87. The molecule has 0 unspecified atom stereocenters. The van der Waals surface area contributed by atoms with E-state index in [0.717, 1.165) is 44.0 Å². The Balaban J connectivity index is 2.30. The molecule has 1 aromatic rings. The van der Waals surface area contributed by atoms with Gasteiger partial charge in [-0.25, -0.2) is 4.79 Å². The molecular formula is C13H19N3O2. The molecule has 0 aliphatic carbocycles. The summed E-state index contributed by atoms with van der Waals surface area (Å²) in [4.78, 5) is 19.8. The van der Waals surface area contributed by atoms with E-state index in [1.165, 1.54) is 6.20 Å². The van der Waals surface area contributed by atoms with Crippen LogP contribution in [0.15, 0.2) is 12.3 Å². The number of aromatic carboxylic acids is 1. The molecule has 1 N–H and O–H groups in total. The van der Waals surface area contributed by atoms with Crippen molar-refractivity contribution in [1.29, 1.82) is 0 Å². The van der Waals surface area contributed by atoms with Crippen molar-refractivity contribution in [3.63, 3.8) is 0 Å². The highest BCUT2D eigenvalue weighted by molar-refractivity contribution is 5.94. The van der Waals surface area contributed by atoms with E-state index in [9.17, 15) is 9.90 Å². The Labute approximate surface area is 107 Å². The van der Waals surface area contributed by atoms with Gasteiger partial charge in [0.1, 0.15) is 5.56 Å². The fourth-order valence-electron chi connectivity index (χ4n) is 2.26. The third-order valence-corrected chi connectivity index (χ3v) is 3.31. The molecule has 5 nitrogen and oxygen atoms in total. The minimum Gasteiger partial charge on any atom is -0.478 e. The Hall–Kier alpha value is -1.62. The van der Waals surface area contributed by atoms with E-state index in [1.807, 2.05) is 13.0 Å². The zero-order chi connectivity index (χ0) is 13.1. The van der Waals surface area contributed by atoms with Crippen LogP contribution in [0.1, 0.15) is 22.5 Å². The molecule has 1 aromatic heterocycles. The fraction of sp³-hybridized carbons (Fsp3) is 0.538. The van der Waals surface area contributed by atoms with Crippen LogP contribution in [-0.2, 0) is 0 Å². The first-order valence-corrected chi connectivity index (χ1v) is 6.21. The number of carboxylic acid groups (broad SMARTS) is 1. The van der Waals surface area contributed by atoms with Crippen LogP contribution in [0.4, 0.5) is 5.69 Å². The summed E-state index contributed by atoms with van der Waals surface area (Å²) in [5.74, 6) is -0.907. The van der Waals surface area contributed by atoms with Crippen molar-refractivity contribution in [2.45, 2.75) is 13.3 Å². The molecular weight excluding hydrogens is 230 g/mol. The number of likely N-dealkylation sites (N-methyl/N-ethyl adjacent to an activating group) is 1. The van der Waals surface area contributed by atoms with Gasteiger partial charge < -0.3 is 14.9 Å². The van der Waals surface area contributed by atoms with Gasteiger partial charge in [0.2, 0.25) is 0 Å². The highest BCUT2D eigenvalue weighted by Crippen LogP contribution is 2.22. The highest BCUT2D eigenvalue weighted by Gasteiger charge is 2.19. The monoisotopic (exact) mass is 249 g/mol. The molecule has 2 heterocycles. The van der Waals surface area contributed by atoms with E-state index in [-0.39, 0.29) is 0 Å². The van der Waals surface area contributed by atoms with E-state index < -0.39 is 5.97 Å². The van der Waals surface area contributed by atoms with Crippen LogP contribution in [0.5, 0.6) is 0 Å². The molecule has 1 aliphatic heterocycles. The van der Waals surface area contributed by atoms with E-state index in [0.29, 0.717) is 5.56 Å². The van der Waals surface area contributed by atoms with E-state index in [2.05, 4.69) is 21.8 Å². The molecule has 1 saturated heterocycles. The van der Waals surface area contributed by atoms with Gasteiger partial charge in [0.25, 0.3) is 0 Å². The van der Waals surface area contributed by atoms with E-state index >= 15 is 0 Å². The second-order valence-corrected chi connectivity index (χ2v) is 4.79. The van der Waals surface area contributed by atoms with Crippen molar-refractivity contribution in [2.75, 3.05) is 38.1 Å². The molecule has 98 valence electrons. The van der Waals surface area contributed by atoms with Gasteiger partial charge in [0.15, 0.2) is 0 Å². The predicted molar refractivity (Wildman–Crippen MR) is 70.3 cm³/mol. The molecule has 0 saturated carbocycles. The van der Waals surface area contributed by atoms with Crippen molar-refractivity contribution < 1.29 is 9.90 Å². The maximum Gasteiger partial charge on any atom is 0.339 e. The molecule has 0 aromatic carbocycles. The van der Waals surface area contributed by atoms with Crippen molar-refractivity contribution in [2.24, 2.45) is 0 Å². The van der Waals surface area contributed by atoms with Gasteiger partial charge in [-0.3, -0.25) is 4.98 Å². The Morgan fingerprint density at radius 1 is 1.33 bits per heavy atom. The summed E-state index contributed by atoms with van der Waals surface area (Å²) < 4.78 is 0. The van der Waals surface area contributed by atoms with Crippen LogP contribution in [0.2, 0.25) is 0 Å². The molecule has 5 heteroatoms. The molecule has 18 heavy (non-hydrogen) atoms. The summed E-state index contributed by atoms with van der Waals surface area (Å²) in [5, 5.41) is 9.23. The zero-order valence-electron chi connectivity index (χ0n) is 10.9. The molecule has 0 spiro atoms. The lowest BCUT2D eigenvalue weighted by Gasteiger charge is -2.24. The fourth-order valence-corrected chi connectivity index (χ4v) is 2.26. The van der Waals surface area contributed by atoms with Crippen LogP contribution < -0.4 is 4.90 Å². The Morgan fingerprint density at radius 2 is 2.11 bits per heavy atom. The standard InChI is InChI=1S/C13H19N3O2/c1-10-8-12(11(9-14-10)13(17)18)16-5-3-4-15(2)6-7-16/h8-9H,3-7H2,1-2H3,(H,17,18). The second-order valence-electron chi connectivity index (χ2n) is 4.79. The van der Waals surface area contributed by atoms with Gasteiger partial charge in [0, 0.05) is 31.5 Å². The Morgan fingerprint density at radius 3 is 2.83 bits per heavy atom. The maximum absolute atomic E-state index is 11.2. The van der Waals surface area contributed by atoms with E-state index in [4.69, 9.17) is 0 Å². The van der Waals surface area contributed by atoms with Gasteiger partial charge >= 0.3 is 5.97 Å². The van der Waals surface area contributed by atoms with Gasteiger partial charge in [-0.1, -0.05) is 0 Å². The summed E-state index contributed by atoms with van der Waals surface area (Å²) in [5.41, 5.74) is 1.95. The highest BCUT2D eigenvalue weighted by atomic mass is 16.4. The number of aryl methyl sites for hydroxylation is 1. The molecule has 0 amide bonds. The molecule has 1 fully saturated rings. The number of carbonyl (C=O) groups is 1. The van der Waals surface area contributed by atoms with Crippen LogP contribution in [0, 0.1) is 6.92 Å². The van der Waals surface area contributed by atoms with Gasteiger partial charge in [-0.2, -0.15) is 0 Å². The molecule has 2 rings (SSSR count). The largest absolute Gasteiger partial charge is 0.478 e. The van der Waals surface area contributed by atoms with Gasteiger partial charge in [-0.05, 0) is 33.0 Å². The Kier molecular flexibility index (Phi) is 3.81. The van der Waals surface area contributed by atoms with Crippen molar-refractivity contribution >= 4 is 11.7 Å². The predicted octanol–water partition coefficient (Wildman–Crippen LogP) is 1.23. The average molecular weight is 249 g/mol. The number of rotatable bonds is 2. The second kappa shape index (κ2) is 5.35. The normalized spacial score (nSPS) is 17.6. The van der Waals surface area contributed by atoms with Crippen LogP contribution >= 0.6 is 0 Å². The lowest BCUT2D eigenvalue weighted by Crippen LogP contribution is -2.30. The summed E-state index contributed by atoms with van der Waals surface area (Å²) in [6.07, 6.45) is 2.51. The number of aromatic nitrogens is 1. The first kappa shape index (κ1) is 12.8. The minimum atomic E-state index is -0.907. The average Bonchev–Trinajstić information content (AvgIpc) is 2.53. The molecule has 0 bridgehead atoms. The third-order valence-electron chi connectivity index (χ3n) is 3.31. The number of pyridine rings is 1. The Bertz CT molecular complexity index is 448. The lowest BCUT2D eigenvalue weighted by atomic mass is 10.2. The number of hydrogen-bond donors (Lipinski definition) is 1. The summed E-state index contributed by atoms with van der Waals surface area (Å²) in [6.45, 7) is 5.66. The quantitative estimate of drug-likeness (QED) is 0.854. The SMILES string of the molecule is Cc1cc(N2CCCN(C)CC2)c(C(=O)O)cn1. The molecule has 0 radical (unpaired) electrons. The maximum atomic E-state index is 11.2. The van der Waals surface area contributed by atoms with Gasteiger partial charge in [-0.15, -0.1) is 0 Å². The van der Waals surface area contributed by atoms with Crippen molar-refractivity contribution in [3.05, 3.63) is 23.5 Å². The van der Waals surface area contributed by atoms with Crippen LogP contribution in [0.25, 0.3) is 0 Å². The first-order valence-electron chi connectivity index (χ1n) is 6.21. The summed E-state index contributed by atoms with van der Waals surface area (Å²) in [7, 11) is 2.10. The first-order chi connectivity index (χ1) is 8.58.